The molecule has 1 fully saturated rings. The van der Waals surface area contributed by atoms with Gasteiger partial charge >= 0.3 is 0 Å². The number of aliphatic hydroxyl groups excluding tert-OH is 2. The minimum Gasteiger partial charge on any atom is -0.396 e. The molecule has 0 aromatic rings. The maximum absolute atomic E-state index is 11.2. The molecule has 1 aliphatic rings. The van der Waals surface area contributed by atoms with Gasteiger partial charge in [-0.25, -0.2) is 8.42 Å². The van der Waals surface area contributed by atoms with Crippen molar-refractivity contribution >= 4 is 9.84 Å². The number of hydrogen-bond donors (Lipinski definition) is 2. The third-order valence-electron chi connectivity index (χ3n) is 2.93. The Morgan fingerprint density at radius 2 is 1.92 bits per heavy atom. The minimum absolute atomic E-state index is 0.129. The lowest BCUT2D eigenvalue weighted by Gasteiger charge is -2.23. The lowest BCUT2D eigenvalue weighted by atomic mass is 9.89. The van der Waals surface area contributed by atoms with E-state index in [0.29, 0.717) is 19.3 Å². The molecule has 0 radical (unpaired) electrons. The van der Waals surface area contributed by atoms with Gasteiger partial charge in [0.15, 0.2) is 0 Å². The normalized spacial score (nSPS) is 27.8. The molecular weight excluding hydrogens is 192 g/mol. The molecule has 78 valence electrons. The summed E-state index contributed by atoms with van der Waals surface area (Å²) < 4.78 is 22.4. The van der Waals surface area contributed by atoms with Gasteiger partial charge in [0.25, 0.3) is 0 Å². The van der Waals surface area contributed by atoms with Crippen LogP contribution in [0.3, 0.4) is 0 Å². The van der Waals surface area contributed by atoms with Crippen molar-refractivity contribution in [1.82, 2.24) is 0 Å². The molecule has 0 aliphatic heterocycles. The third-order valence-corrected chi connectivity index (χ3v) is 4.55. The van der Waals surface area contributed by atoms with Crippen LogP contribution in [0.25, 0.3) is 0 Å². The summed E-state index contributed by atoms with van der Waals surface area (Å²) in [7, 11) is -3.02. The molecule has 0 bridgehead atoms. The molecule has 4 nitrogen and oxygen atoms in total. The lowest BCUT2D eigenvalue weighted by Crippen LogP contribution is -2.28. The molecule has 0 unspecified atom stereocenters. The largest absolute Gasteiger partial charge is 0.396 e. The Morgan fingerprint density at radius 1 is 1.38 bits per heavy atom. The van der Waals surface area contributed by atoms with Crippen LogP contribution in [0.5, 0.6) is 0 Å². The van der Waals surface area contributed by atoms with Gasteiger partial charge in [-0.3, -0.25) is 0 Å². The number of aliphatic hydroxyl groups is 2. The highest BCUT2D eigenvalue weighted by Gasteiger charge is 2.42. The van der Waals surface area contributed by atoms with Crippen molar-refractivity contribution in [2.24, 2.45) is 5.41 Å². The molecule has 13 heavy (non-hydrogen) atoms. The van der Waals surface area contributed by atoms with Gasteiger partial charge in [-0.1, -0.05) is 0 Å². The Labute approximate surface area is 78.5 Å². The van der Waals surface area contributed by atoms with E-state index in [9.17, 15) is 8.42 Å². The first-order chi connectivity index (χ1) is 5.93. The highest BCUT2D eigenvalue weighted by Crippen LogP contribution is 2.40. The predicted octanol–water partition coefficient (Wildman–Crippen LogP) is -0.446. The van der Waals surface area contributed by atoms with E-state index in [4.69, 9.17) is 10.2 Å². The van der Waals surface area contributed by atoms with Crippen molar-refractivity contribution in [3.63, 3.8) is 0 Å². The smallest absolute Gasteiger partial charge is 0.150 e. The van der Waals surface area contributed by atoms with Crippen LogP contribution in [0.2, 0.25) is 0 Å². The van der Waals surface area contributed by atoms with Gasteiger partial charge in [-0.05, 0) is 19.3 Å². The van der Waals surface area contributed by atoms with Crippen molar-refractivity contribution in [3.05, 3.63) is 0 Å². The molecule has 1 atom stereocenters. The Hall–Kier alpha value is -0.130. The fourth-order valence-corrected chi connectivity index (χ4v) is 3.06. The highest BCUT2D eigenvalue weighted by molar-refractivity contribution is 7.91. The van der Waals surface area contributed by atoms with Crippen LogP contribution in [0, 0.1) is 5.41 Å². The van der Waals surface area contributed by atoms with Gasteiger partial charge in [0, 0.05) is 11.7 Å². The fraction of sp³-hybridized carbons (Fsp3) is 1.00. The summed E-state index contributed by atoms with van der Waals surface area (Å²) >= 11 is 0. The monoisotopic (exact) mass is 208 g/mol. The maximum Gasteiger partial charge on any atom is 0.150 e. The first kappa shape index (κ1) is 10.9. The Balaban J connectivity index is 2.73. The highest BCUT2D eigenvalue weighted by atomic mass is 32.2. The Morgan fingerprint density at radius 3 is 2.15 bits per heavy atom. The van der Waals surface area contributed by atoms with E-state index in [2.05, 4.69) is 0 Å². The van der Waals surface area contributed by atoms with Crippen LogP contribution >= 0.6 is 0 Å². The summed E-state index contributed by atoms with van der Waals surface area (Å²) in [6.07, 6.45) is 2.75. The third kappa shape index (κ3) is 2.21. The lowest BCUT2D eigenvalue weighted by molar-refractivity contribution is 0.0608. The molecule has 0 heterocycles. The van der Waals surface area contributed by atoms with Crippen molar-refractivity contribution < 1.29 is 18.6 Å². The molecule has 1 aliphatic carbocycles. The second kappa shape index (κ2) is 3.55. The number of rotatable bonds is 3. The zero-order valence-electron chi connectivity index (χ0n) is 7.73. The van der Waals surface area contributed by atoms with E-state index in [1.54, 1.807) is 0 Å². The number of sulfone groups is 1. The Kier molecular flexibility index (Phi) is 2.99. The van der Waals surface area contributed by atoms with Gasteiger partial charge in [0.2, 0.25) is 0 Å². The zero-order chi connectivity index (χ0) is 10.1. The summed E-state index contributed by atoms with van der Waals surface area (Å²) in [6.45, 7) is -0.259. The first-order valence-electron chi connectivity index (χ1n) is 4.34. The predicted molar refractivity (Wildman–Crippen MR) is 49.1 cm³/mol. The second-order valence-electron chi connectivity index (χ2n) is 4.01. The molecule has 0 aromatic carbocycles. The molecule has 0 amide bonds. The quantitative estimate of drug-likeness (QED) is 0.659. The summed E-state index contributed by atoms with van der Waals surface area (Å²) in [5, 5.41) is 17.7. The SMILES string of the molecule is CS(=O)(=O)[C@@H]1CCC(CO)(CO)C1. The topological polar surface area (TPSA) is 74.6 Å². The van der Waals surface area contributed by atoms with Crippen LogP contribution in [-0.4, -0.2) is 43.4 Å². The van der Waals surface area contributed by atoms with Crippen LogP contribution in [0.15, 0.2) is 0 Å². The molecule has 0 saturated heterocycles. The van der Waals surface area contributed by atoms with E-state index in [0.717, 1.165) is 0 Å². The van der Waals surface area contributed by atoms with Crippen LogP contribution in [0.1, 0.15) is 19.3 Å². The van der Waals surface area contributed by atoms with Crippen LogP contribution < -0.4 is 0 Å². The molecule has 1 saturated carbocycles. The standard InChI is InChI=1S/C8H16O4S/c1-13(11,12)7-2-3-8(4-7,5-9)6-10/h7,9-10H,2-6H2,1H3/t7-/m1/s1. The van der Waals surface area contributed by atoms with Crippen LogP contribution in [0.4, 0.5) is 0 Å². The average Bonchev–Trinajstić information content (AvgIpc) is 2.48. The number of hydrogen-bond acceptors (Lipinski definition) is 4. The first-order valence-corrected chi connectivity index (χ1v) is 6.30. The summed E-state index contributed by atoms with van der Waals surface area (Å²) in [4.78, 5) is 0. The van der Waals surface area contributed by atoms with E-state index in [1.165, 1.54) is 6.26 Å². The van der Waals surface area contributed by atoms with Crippen molar-refractivity contribution in [2.45, 2.75) is 24.5 Å². The van der Waals surface area contributed by atoms with Crippen molar-refractivity contribution in [2.75, 3.05) is 19.5 Å². The van der Waals surface area contributed by atoms with Gasteiger partial charge in [0.05, 0.1) is 18.5 Å². The van der Waals surface area contributed by atoms with Gasteiger partial charge < -0.3 is 10.2 Å². The van der Waals surface area contributed by atoms with Crippen LogP contribution in [-0.2, 0) is 9.84 Å². The molecule has 2 N–H and O–H groups in total. The fourth-order valence-electron chi connectivity index (χ4n) is 1.86. The summed E-state index contributed by atoms with van der Waals surface area (Å²) in [5.74, 6) is 0. The average molecular weight is 208 g/mol. The van der Waals surface area contributed by atoms with E-state index < -0.39 is 15.3 Å². The molecule has 0 aromatic heterocycles. The molecule has 5 heteroatoms. The van der Waals surface area contributed by atoms with Gasteiger partial charge in [-0.2, -0.15) is 0 Å². The van der Waals surface area contributed by atoms with Gasteiger partial charge in [-0.15, -0.1) is 0 Å². The molecule has 0 spiro atoms. The van der Waals surface area contributed by atoms with Gasteiger partial charge in [0.1, 0.15) is 9.84 Å². The summed E-state index contributed by atoms with van der Waals surface area (Å²) in [5.41, 5.74) is -0.562. The minimum atomic E-state index is -3.02. The summed E-state index contributed by atoms with van der Waals surface area (Å²) in [6, 6.07) is 0. The van der Waals surface area contributed by atoms with Crippen molar-refractivity contribution in [1.29, 1.82) is 0 Å². The molecular formula is C8H16O4S. The zero-order valence-corrected chi connectivity index (χ0v) is 8.55. The van der Waals surface area contributed by atoms with E-state index >= 15 is 0 Å². The maximum atomic E-state index is 11.2. The Bertz CT molecular complexity index is 266. The van der Waals surface area contributed by atoms with E-state index in [1.807, 2.05) is 0 Å². The second-order valence-corrected chi connectivity index (χ2v) is 6.34. The molecule has 1 rings (SSSR count). The van der Waals surface area contributed by atoms with E-state index in [-0.39, 0.29) is 18.5 Å². The van der Waals surface area contributed by atoms with Crippen molar-refractivity contribution in [3.8, 4) is 0 Å².